The molecule has 0 unspecified atom stereocenters. The summed E-state index contributed by atoms with van der Waals surface area (Å²) in [6, 6.07) is 8.58. The second-order valence-electron chi connectivity index (χ2n) is 3.93. The predicted molar refractivity (Wildman–Crippen MR) is 76.6 cm³/mol. The van der Waals surface area contributed by atoms with Gasteiger partial charge >= 0.3 is 0 Å². The molecule has 100 valence electrons. The summed E-state index contributed by atoms with van der Waals surface area (Å²) >= 11 is 7.42. The van der Waals surface area contributed by atoms with Crippen molar-refractivity contribution in [2.24, 2.45) is 5.73 Å². The zero-order valence-electron chi connectivity index (χ0n) is 10.0. The zero-order valence-corrected chi connectivity index (χ0v) is 11.6. The molecule has 0 saturated carbocycles. The summed E-state index contributed by atoms with van der Waals surface area (Å²) in [7, 11) is 0. The Morgan fingerprint density at radius 2 is 2.10 bits per heavy atom. The van der Waals surface area contributed by atoms with Crippen molar-refractivity contribution in [3.8, 4) is 22.2 Å². The highest BCUT2D eigenvalue weighted by molar-refractivity contribution is 7.14. The maximum Gasteiger partial charge on any atom is 0.269 e. The average molecular weight is 306 g/mol. The number of carbonyl (C=O) groups is 1. The number of carbonyl (C=O) groups excluding carboxylic acids is 1. The fraction of sp³-hybridized carbons (Fsp3) is 0. The SMILES string of the molecule is NC(=O)c1ccccc1-c1noc(-c2sccc2Cl)n1. The van der Waals surface area contributed by atoms with Crippen molar-refractivity contribution < 1.29 is 9.32 Å². The third-order valence-electron chi connectivity index (χ3n) is 2.67. The summed E-state index contributed by atoms with van der Waals surface area (Å²) in [6.45, 7) is 0. The van der Waals surface area contributed by atoms with E-state index in [1.165, 1.54) is 11.3 Å². The van der Waals surface area contributed by atoms with Crippen LogP contribution in [-0.4, -0.2) is 16.0 Å². The first-order valence-electron chi connectivity index (χ1n) is 5.63. The number of hydrogen-bond acceptors (Lipinski definition) is 5. The van der Waals surface area contributed by atoms with Crippen LogP contribution in [0.4, 0.5) is 0 Å². The quantitative estimate of drug-likeness (QED) is 0.805. The van der Waals surface area contributed by atoms with Gasteiger partial charge in [-0.1, -0.05) is 35.0 Å². The lowest BCUT2D eigenvalue weighted by atomic mass is 10.1. The molecule has 2 aromatic heterocycles. The van der Waals surface area contributed by atoms with Crippen LogP contribution in [0.1, 0.15) is 10.4 Å². The van der Waals surface area contributed by atoms with Crippen molar-refractivity contribution in [3.63, 3.8) is 0 Å². The van der Waals surface area contributed by atoms with Crippen LogP contribution in [0, 0.1) is 0 Å². The van der Waals surface area contributed by atoms with Crippen LogP contribution in [0.3, 0.4) is 0 Å². The number of aromatic nitrogens is 2. The van der Waals surface area contributed by atoms with Crippen molar-refractivity contribution in [1.82, 2.24) is 10.1 Å². The van der Waals surface area contributed by atoms with Crippen molar-refractivity contribution >= 4 is 28.8 Å². The number of rotatable bonds is 3. The summed E-state index contributed by atoms with van der Waals surface area (Å²) in [6.07, 6.45) is 0. The fourth-order valence-electron chi connectivity index (χ4n) is 1.76. The molecule has 20 heavy (non-hydrogen) atoms. The summed E-state index contributed by atoms with van der Waals surface area (Å²) in [5, 5.41) is 6.26. The molecule has 1 amide bonds. The van der Waals surface area contributed by atoms with Crippen molar-refractivity contribution in [1.29, 1.82) is 0 Å². The number of halogens is 1. The Labute approximate surface area is 123 Å². The smallest absolute Gasteiger partial charge is 0.269 e. The number of amides is 1. The molecule has 0 aliphatic rings. The lowest BCUT2D eigenvalue weighted by Gasteiger charge is -2.00. The van der Waals surface area contributed by atoms with Gasteiger partial charge in [0.25, 0.3) is 5.89 Å². The summed E-state index contributed by atoms with van der Waals surface area (Å²) in [5.74, 6) is 0.0826. The molecule has 0 aliphatic carbocycles. The van der Waals surface area contributed by atoms with Gasteiger partial charge in [0.1, 0.15) is 4.88 Å². The normalized spacial score (nSPS) is 10.7. The first-order chi connectivity index (χ1) is 9.66. The van der Waals surface area contributed by atoms with Gasteiger partial charge in [0.2, 0.25) is 11.7 Å². The summed E-state index contributed by atoms with van der Waals surface area (Å²) < 4.78 is 5.19. The Morgan fingerprint density at radius 1 is 1.30 bits per heavy atom. The second kappa shape index (κ2) is 5.07. The van der Waals surface area contributed by atoms with Gasteiger partial charge in [0.05, 0.1) is 10.6 Å². The third-order valence-corrected chi connectivity index (χ3v) is 4.00. The fourth-order valence-corrected chi connectivity index (χ4v) is 2.82. The van der Waals surface area contributed by atoms with Crippen molar-refractivity contribution in [3.05, 3.63) is 46.3 Å². The summed E-state index contributed by atoms with van der Waals surface area (Å²) in [4.78, 5) is 16.4. The molecule has 1 aromatic carbocycles. The molecule has 3 rings (SSSR count). The first kappa shape index (κ1) is 12.8. The van der Waals surface area contributed by atoms with Gasteiger partial charge in [-0.25, -0.2) is 0 Å². The minimum atomic E-state index is -0.541. The maximum absolute atomic E-state index is 11.4. The van der Waals surface area contributed by atoms with E-state index in [1.54, 1.807) is 30.3 Å². The molecule has 0 fully saturated rings. The largest absolute Gasteiger partial charge is 0.366 e. The lowest BCUT2D eigenvalue weighted by Crippen LogP contribution is -2.12. The van der Waals surface area contributed by atoms with Crippen molar-refractivity contribution in [2.45, 2.75) is 0 Å². The van der Waals surface area contributed by atoms with Gasteiger partial charge in [-0.2, -0.15) is 4.98 Å². The van der Waals surface area contributed by atoms with E-state index in [0.29, 0.717) is 32.7 Å². The lowest BCUT2D eigenvalue weighted by molar-refractivity contribution is 0.100. The molecular weight excluding hydrogens is 298 g/mol. The van der Waals surface area contributed by atoms with E-state index in [-0.39, 0.29) is 0 Å². The summed E-state index contributed by atoms with van der Waals surface area (Å²) in [5.41, 5.74) is 6.21. The monoisotopic (exact) mass is 305 g/mol. The van der Waals surface area contributed by atoms with Gasteiger partial charge in [-0.15, -0.1) is 11.3 Å². The standard InChI is InChI=1S/C13H8ClN3O2S/c14-9-5-6-20-10(9)13-16-12(17-19-13)8-4-2-1-3-7(8)11(15)18/h1-6H,(H2,15,18). The molecule has 0 bridgehead atoms. The van der Waals surface area contributed by atoms with E-state index in [0.717, 1.165) is 0 Å². The van der Waals surface area contributed by atoms with Crippen LogP contribution in [0.15, 0.2) is 40.2 Å². The highest BCUT2D eigenvalue weighted by Crippen LogP contribution is 2.33. The molecular formula is C13H8ClN3O2S. The maximum atomic E-state index is 11.4. The number of thiophene rings is 1. The van der Waals surface area contributed by atoms with Crippen LogP contribution in [0.2, 0.25) is 5.02 Å². The molecule has 2 N–H and O–H groups in total. The molecule has 5 nitrogen and oxygen atoms in total. The van der Waals surface area contributed by atoms with Gasteiger partial charge in [-0.05, 0) is 17.5 Å². The number of benzene rings is 1. The number of nitrogens with zero attached hydrogens (tertiary/aromatic N) is 2. The highest BCUT2D eigenvalue weighted by atomic mass is 35.5. The van der Waals surface area contributed by atoms with E-state index < -0.39 is 5.91 Å². The molecule has 3 aromatic rings. The third kappa shape index (κ3) is 2.19. The highest BCUT2D eigenvalue weighted by Gasteiger charge is 2.17. The molecule has 2 heterocycles. The molecule has 0 atom stereocenters. The Balaban J connectivity index is 2.07. The molecule has 0 spiro atoms. The topological polar surface area (TPSA) is 82.0 Å². The van der Waals surface area contributed by atoms with Gasteiger partial charge in [-0.3, -0.25) is 4.79 Å². The minimum absolute atomic E-state index is 0.305. The van der Waals surface area contributed by atoms with Gasteiger partial charge in [0, 0.05) is 5.56 Å². The van der Waals surface area contributed by atoms with E-state index in [4.69, 9.17) is 21.9 Å². The zero-order chi connectivity index (χ0) is 14.1. The van der Waals surface area contributed by atoms with Gasteiger partial charge < -0.3 is 10.3 Å². The van der Waals surface area contributed by atoms with Crippen LogP contribution in [0.5, 0.6) is 0 Å². The van der Waals surface area contributed by atoms with Crippen LogP contribution >= 0.6 is 22.9 Å². The Morgan fingerprint density at radius 3 is 2.80 bits per heavy atom. The molecule has 7 heteroatoms. The Hall–Kier alpha value is -2.18. The van der Waals surface area contributed by atoms with E-state index in [2.05, 4.69) is 10.1 Å². The number of nitrogens with two attached hydrogens (primary N) is 1. The second-order valence-corrected chi connectivity index (χ2v) is 5.25. The number of hydrogen-bond donors (Lipinski definition) is 1. The minimum Gasteiger partial charge on any atom is -0.366 e. The van der Waals surface area contributed by atoms with Gasteiger partial charge in [0.15, 0.2) is 0 Å². The molecule has 0 saturated heterocycles. The van der Waals surface area contributed by atoms with Crippen LogP contribution < -0.4 is 5.73 Å². The molecule has 0 radical (unpaired) electrons. The van der Waals surface area contributed by atoms with Crippen molar-refractivity contribution in [2.75, 3.05) is 0 Å². The van der Waals surface area contributed by atoms with Crippen LogP contribution in [-0.2, 0) is 0 Å². The Bertz CT molecular complexity index is 781. The Kier molecular flexibility index (Phi) is 3.25. The average Bonchev–Trinajstić information content (AvgIpc) is 3.07. The number of primary amides is 1. The molecule has 0 aliphatic heterocycles. The van der Waals surface area contributed by atoms with E-state index >= 15 is 0 Å². The predicted octanol–water partition coefficient (Wildman–Crippen LogP) is 3.22. The first-order valence-corrected chi connectivity index (χ1v) is 6.89. The van der Waals surface area contributed by atoms with E-state index in [1.807, 2.05) is 5.38 Å². The van der Waals surface area contributed by atoms with E-state index in [9.17, 15) is 4.79 Å². The van der Waals surface area contributed by atoms with Crippen LogP contribution in [0.25, 0.3) is 22.2 Å².